The molecule has 0 amide bonds. The molecule has 0 aliphatic carbocycles. The maximum atomic E-state index is 5.43. The predicted molar refractivity (Wildman–Crippen MR) is 87.6 cm³/mol. The summed E-state index contributed by atoms with van der Waals surface area (Å²) in [5.74, 6) is 2.27. The highest BCUT2D eigenvalue weighted by molar-refractivity contribution is 9.10. The fourth-order valence-corrected chi connectivity index (χ4v) is 2.55. The molecule has 0 heterocycles. The van der Waals surface area contributed by atoms with E-state index in [1.54, 1.807) is 21.3 Å². The van der Waals surface area contributed by atoms with Gasteiger partial charge in [0.2, 0.25) is 0 Å². The van der Waals surface area contributed by atoms with Crippen LogP contribution in [0.3, 0.4) is 0 Å². The number of para-hydroxylation sites is 1. The maximum Gasteiger partial charge on any atom is 0.165 e. The minimum absolute atomic E-state index is 0.625. The van der Waals surface area contributed by atoms with E-state index in [0.29, 0.717) is 6.54 Å². The van der Waals surface area contributed by atoms with Gasteiger partial charge in [0, 0.05) is 28.3 Å². The minimum Gasteiger partial charge on any atom is -0.497 e. The molecule has 0 aliphatic heterocycles. The van der Waals surface area contributed by atoms with Crippen molar-refractivity contribution in [2.45, 2.75) is 6.54 Å². The Hall–Kier alpha value is -1.88. The average Bonchev–Trinajstić information content (AvgIpc) is 2.51. The molecule has 112 valence electrons. The van der Waals surface area contributed by atoms with E-state index >= 15 is 0 Å². The molecule has 4 nitrogen and oxygen atoms in total. The predicted octanol–water partition coefficient (Wildman–Crippen LogP) is 4.09. The van der Waals surface area contributed by atoms with Gasteiger partial charge in [-0.05, 0) is 18.2 Å². The van der Waals surface area contributed by atoms with Crippen molar-refractivity contribution in [1.29, 1.82) is 0 Å². The van der Waals surface area contributed by atoms with E-state index in [0.717, 1.165) is 33.0 Å². The van der Waals surface area contributed by atoms with Crippen LogP contribution in [0, 0.1) is 0 Å². The van der Waals surface area contributed by atoms with Crippen molar-refractivity contribution in [2.75, 3.05) is 26.6 Å². The lowest BCUT2D eigenvalue weighted by molar-refractivity contribution is 0.352. The second-order valence-electron chi connectivity index (χ2n) is 4.39. The van der Waals surface area contributed by atoms with Gasteiger partial charge in [-0.3, -0.25) is 0 Å². The number of benzene rings is 2. The Morgan fingerprint density at radius 3 is 2.48 bits per heavy atom. The number of halogens is 1. The van der Waals surface area contributed by atoms with Crippen LogP contribution in [0.4, 0.5) is 5.69 Å². The van der Waals surface area contributed by atoms with Crippen molar-refractivity contribution >= 4 is 21.6 Å². The van der Waals surface area contributed by atoms with Gasteiger partial charge in [0.05, 0.1) is 21.3 Å². The summed E-state index contributed by atoms with van der Waals surface area (Å²) in [5.41, 5.74) is 1.99. The SMILES string of the molecule is COc1cc(Br)cc(NCc2cccc(OC)c2OC)c1. The van der Waals surface area contributed by atoms with Crippen LogP contribution in [0.15, 0.2) is 40.9 Å². The van der Waals surface area contributed by atoms with Gasteiger partial charge in [0.25, 0.3) is 0 Å². The Kier molecular flexibility index (Phi) is 5.33. The highest BCUT2D eigenvalue weighted by atomic mass is 79.9. The second kappa shape index (κ2) is 7.22. The fraction of sp³-hybridized carbons (Fsp3) is 0.250. The lowest BCUT2D eigenvalue weighted by Gasteiger charge is -2.14. The summed E-state index contributed by atoms with van der Waals surface area (Å²) in [5, 5.41) is 3.36. The summed E-state index contributed by atoms with van der Waals surface area (Å²) in [4.78, 5) is 0. The molecule has 0 aromatic heterocycles. The van der Waals surface area contributed by atoms with Gasteiger partial charge in [0.15, 0.2) is 11.5 Å². The first-order valence-electron chi connectivity index (χ1n) is 6.46. The fourth-order valence-electron chi connectivity index (χ4n) is 2.07. The van der Waals surface area contributed by atoms with Crippen molar-refractivity contribution in [2.24, 2.45) is 0 Å². The van der Waals surface area contributed by atoms with Crippen LogP contribution in [-0.2, 0) is 6.54 Å². The van der Waals surface area contributed by atoms with E-state index in [1.165, 1.54) is 0 Å². The zero-order valence-corrected chi connectivity index (χ0v) is 13.9. The third-order valence-corrected chi connectivity index (χ3v) is 3.53. The summed E-state index contributed by atoms with van der Waals surface area (Å²) in [6.07, 6.45) is 0. The highest BCUT2D eigenvalue weighted by Crippen LogP contribution is 2.31. The third kappa shape index (κ3) is 3.82. The van der Waals surface area contributed by atoms with Crippen molar-refractivity contribution in [3.8, 4) is 17.2 Å². The van der Waals surface area contributed by atoms with Crippen LogP contribution in [0.1, 0.15) is 5.56 Å². The summed E-state index contributed by atoms with van der Waals surface area (Å²) >= 11 is 3.47. The lowest BCUT2D eigenvalue weighted by atomic mass is 10.1. The average molecular weight is 352 g/mol. The molecule has 0 saturated carbocycles. The standard InChI is InChI=1S/C16H18BrNO3/c1-19-14-8-12(17)7-13(9-14)18-10-11-5-4-6-15(20-2)16(11)21-3/h4-9,18H,10H2,1-3H3. The van der Waals surface area contributed by atoms with E-state index in [1.807, 2.05) is 36.4 Å². The van der Waals surface area contributed by atoms with Crippen LogP contribution in [0.25, 0.3) is 0 Å². The van der Waals surface area contributed by atoms with Gasteiger partial charge in [-0.15, -0.1) is 0 Å². The summed E-state index contributed by atoms with van der Waals surface area (Å²) < 4.78 is 16.9. The number of rotatable bonds is 6. The molecule has 5 heteroatoms. The monoisotopic (exact) mass is 351 g/mol. The smallest absolute Gasteiger partial charge is 0.165 e. The number of hydrogen-bond acceptors (Lipinski definition) is 4. The summed E-state index contributed by atoms with van der Waals surface area (Å²) in [6, 6.07) is 11.7. The summed E-state index contributed by atoms with van der Waals surface area (Å²) in [7, 11) is 4.92. The Morgan fingerprint density at radius 1 is 1.00 bits per heavy atom. The van der Waals surface area contributed by atoms with Gasteiger partial charge in [0.1, 0.15) is 5.75 Å². The van der Waals surface area contributed by atoms with Gasteiger partial charge < -0.3 is 19.5 Å². The number of ether oxygens (including phenoxy) is 3. The first-order valence-corrected chi connectivity index (χ1v) is 7.25. The topological polar surface area (TPSA) is 39.7 Å². The second-order valence-corrected chi connectivity index (χ2v) is 5.30. The van der Waals surface area contributed by atoms with E-state index in [-0.39, 0.29) is 0 Å². The molecule has 2 aromatic rings. The van der Waals surface area contributed by atoms with Crippen LogP contribution >= 0.6 is 15.9 Å². The number of nitrogens with one attached hydrogen (secondary N) is 1. The van der Waals surface area contributed by atoms with Crippen molar-refractivity contribution in [3.63, 3.8) is 0 Å². The molecule has 0 bridgehead atoms. The number of anilines is 1. The van der Waals surface area contributed by atoms with Gasteiger partial charge in [-0.25, -0.2) is 0 Å². The first-order chi connectivity index (χ1) is 10.2. The van der Waals surface area contributed by atoms with E-state index < -0.39 is 0 Å². The molecule has 0 spiro atoms. The Labute approximate surface area is 133 Å². The molecule has 1 N–H and O–H groups in total. The van der Waals surface area contributed by atoms with Crippen molar-refractivity contribution < 1.29 is 14.2 Å². The molecule has 0 fully saturated rings. The van der Waals surface area contributed by atoms with E-state index in [4.69, 9.17) is 14.2 Å². The molecule has 2 rings (SSSR count). The molecule has 0 unspecified atom stereocenters. The van der Waals surface area contributed by atoms with Crippen molar-refractivity contribution in [3.05, 3.63) is 46.4 Å². The molecule has 21 heavy (non-hydrogen) atoms. The zero-order valence-electron chi connectivity index (χ0n) is 12.3. The van der Waals surface area contributed by atoms with Crippen LogP contribution in [0.5, 0.6) is 17.2 Å². The number of hydrogen-bond donors (Lipinski definition) is 1. The van der Waals surface area contributed by atoms with E-state index in [2.05, 4.69) is 21.2 Å². The third-order valence-electron chi connectivity index (χ3n) is 3.07. The molecule has 0 atom stereocenters. The van der Waals surface area contributed by atoms with Gasteiger partial charge in [-0.2, -0.15) is 0 Å². The maximum absolute atomic E-state index is 5.43. The molecule has 0 saturated heterocycles. The zero-order chi connectivity index (χ0) is 15.2. The first kappa shape index (κ1) is 15.5. The van der Waals surface area contributed by atoms with Crippen LogP contribution in [-0.4, -0.2) is 21.3 Å². The van der Waals surface area contributed by atoms with Gasteiger partial charge in [-0.1, -0.05) is 28.1 Å². The largest absolute Gasteiger partial charge is 0.497 e. The Balaban J connectivity index is 2.18. The summed E-state index contributed by atoms with van der Waals surface area (Å²) in [6.45, 7) is 0.625. The Bertz CT molecular complexity index is 616. The van der Waals surface area contributed by atoms with Crippen molar-refractivity contribution in [1.82, 2.24) is 0 Å². The quantitative estimate of drug-likeness (QED) is 0.850. The highest BCUT2D eigenvalue weighted by Gasteiger charge is 2.09. The molecular weight excluding hydrogens is 334 g/mol. The number of methoxy groups -OCH3 is 3. The molecule has 0 radical (unpaired) electrons. The Morgan fingerprint density at radius 2 is 1.81 bits per heavy atom. The molecule has 0 aliphatic rings. The molecule has 2 aromatic carbocycles. The minimum atomic E-state index is 0.625. The van der Waals surface area contributed by atoms with Crippen LogP contribution < -0.4 is 19.5 Å². The van der Waals surface area contributed by atoms with E-state index in [9.17, 15) is 0 Å². The lowest BCUT2D eigenvalue weighted by Crippen LogP contribution is -2.03. The van der Waals surface area contributed by atoms with Gasteiger partial charge >= 0.3 is 0 Å². The van der Waals surface area contributed by atoms with Crippen LogP contribution in [0.2, 0.25) is 0 Å². The normalized spacial score (nSPS) is 10.1. The molecular formula is C16H18BrNO3.